The molecule has 0 bridgehead atoms. The minimum Gasteiger partial charge on any atom is -0.444 e. The number of carbonyl (C=O) groups excluding carboxylic acids is 2. The molecule has 10 heteroatoms. The van der Waals surface area contributed by atoms with Gasteiger partial charge < -0.3 is 30.5 Å². The van der Waals surface area contributed by atoms with Crippen molar-refractivity contribution in [3.8, 4) is 0 Å². The maximum Gasteiger partial charge on any atom is 0.410 e. The summed E-state index contributed by atoms with van der Waals surface area (Å²) >= 11 is 0. The molecule has 208 valence electrons. The second-order valence-corrected chi connectivity index (χ2v) is 12.1. The molecule has 2 heterocycles. The zero-order valence-electron chi connectivity index (χ0n) is 24.2. The molecule has 1 aliphatic rings. The molecule has 0 saturated carbocycles. The van der Waals surface area contributed by atoms with Gasteiger partial charge in [0.05, 0.1) is 0 Å². The van der Waals surface area contributed by atoms with Crippen LogP contribution < -0.4 is 20.9 Å². The van der Waals surface area contributed by atoms with Crippen molar-refractivity contribution in [2.24, 2.45) is 5.41 Å². The Bertz CT molecular complexity index is 1150. The van der Waals surface area contributed by atoms with Crippen molar-refractivity contribution >= 4 is 35.3 Å². The van der Waals surface area contributed by atoms with Gasteiger partial charge >= 0.3 is 6.09 Å². The average Bonchev–Trinajstić information content (AvgIpc) is 3.26. The number of anilines is 4. The monoisotopic (exact) mass is 525 g/mol. The molecule has 3 N–H and O–H groups in total. The molecule has 1 atom stereocenters. The van der Waals surface area contributed by atoms with Crippen LogP contribution in [0.2, 0.25) is 0 Å². The van der Waals surface area contributed by atoms with E-state index in [4.69, 9.17) is 14.7 Å². The van der Waals surface area contributed by atoms with E-state index in [9.17, 15) is 9.59 Å². The average molecular weight is 526 g/mol. The summed E-state index contributed by atoms with van der Waals surface area (Å²) in [5, 5.41) is 9.47. The smallest absolute Gasteiger partial charge is 0.410 e. The van der Waals surface area contributed by atoms with E-state index in [1.165, 1.54) is 0 Å². The molecule has 1 fully saturated rings. The van der Waals surface area contributed by atoms with E-state index >= 15 is 0 Å². The van der Waals surface area contributed by atoms with Gasteiger partial charge in [0.1, 0.15) is 17.2 Å². The number of benzene rings is 1. The highest BCUT2D eigenvalue weighted by molar-refractivity contribution is 5.95. The number of rotatable bonds is 7. The standard InChI is InChI=1S/C28H43N7O3/c1-18-10-11-19(24(36)29-8)14-21(18)31-22-15-23(34(9)17-27(2,3)4)33-25(32-22)30-20-12-13-35(16-20)26(37)38-28(5,6)7/h10-11,14-15,20H,12-13,16-17H2,1-9H3,(H,29,36)(H2,30,31,32,33)/t20-/m1/s1. The van der Waals surface area contributed by atoms with Gasteiger partial charge in [0, 0.05) is 57.1 Å². The van der Waals surface area contributed by atoms with E-state index in [-0.39, 0.29) is 23.5 Å². The zero-order valence-corrected chi connectivity index (χ0v) is 24.2. The molecule has 2 aromatic rings. The van der Waals surface area contributed by atoms with Crippen LogP contribution in [0.15, 0.2) is 24.3 Å². The number of nitrogens with zero attached hydrogens (tertiary/aromatic N) is 4. The van der Waals surface area contributed by atoms with Crippen LogP contribution in [0.25, 0.3) is 0 Å². The van der Waals surface area contributed by atoms with Crippen LogP contribution in [0, 0.1) is 12.3 Å². The Hall–Kier alpha value is -3.56. The third-order valence-electron chi connectivity index (χ3n) is 5.98. The molecule has 1 aromatic heterocycles. The van der Waals surface area contributed by atoms with E-state index in [1.54, 1.807) is 18.0 Å². The van der Waals surface area contributed by atoms with Crippen molar-refractivity contribution in [1.82, 2.24) is 20.2 Å². The highest BCUT2D eigenvalue weighted by Crippen LogP contribution is 2.27. The van der Waals surface area contributed by atoms with Crippen molar-refractivity contribution in [1.29, 1.82) is 0 Å². The first kappa shape index (κ1) is 29.0. The van der Waals surface area contributed by atoms with Gasteiger partial charge in [0.15, 0.2) is 0 Å². The summed E-state index contributed by atoms with van der Waals surface area (Å²) in [4.78, 5) is 38.1. The second-order valence-electron chi connectivity index (χ2n) is 12.1. The lowest BCUT2D eigenvalue weighted by atomic mass is 9.96. The molecule has 2 amide bonds. The maximum atomic E-state index is 12.5. The molecule has 38 heavy (non-hydrogen) atoms. The molecule has 0 radical (unpaired) electrons. The van der Waals surface area contributed by atoms with Crippen LogP contribution in [0.1, 0.15) is 63.9 Å². The van der Waals surface area contributed by atoms with Crippen molar-refractivity contribution in [3.63, 3.8) is 0 Å². The van der Waals surface area contributed by atoms with E-state index < -0.39 is 5.60 Å². The van der Waals surface area contributed by atoms with Gasteiger partial charge in [-0.2, -0.15) is 9.97 Å². The van der Waals surface area contributed by atoms with Crippen molar-refractivity contribution in [2.45, 2.75) is 66.5 Å². The summed E-state index contributed by atoms with van der Waals surface area (Å²) in [5.41, 5.74) is 1.87. The van der Waals surface area contributed by atoms with Gasteiger partial charge in [-0.05, 0) is 57.2 Å². The number of hydrogen-bond acceptors (Lipinski definition) is 8. The SMILES string of the molecule is CNC(=O)c1ccc(C)c(Nc2cc(N(C)CC(C)(C)C)nc(N[C@@H]3CCN(C(=O)OC(C)(C)C)C3)n2)c1. The molecule has 0 unspecified atom stereocenters. The number of ether oxygens (including phenoxy) is 1. The van der Waals surface area contributed by atoms with Crippen LogP contribution in [0.4, 0.5) is 28.1 Å². The summed E-state index contributed by atoms with van der Waals surface area (Å²) in [6, 6.07) is 7.42. The lowest BCUT2D eigenvalue weighted by molar-refractivity contribution is 0.0293. The van der Waals surface area contributed by atoms with Gasteiger partial charge in [-0.1, -0.05) is 26.8 Å². The third kappa shape index (κ3) is 8.22. The van der Waals surface area contributed by atoms with E-state index in [0.717, 1.165) is 30.0 Å². The first-order valence-corrected chi connectivity index (χ1v) is 13.1. The number of likely N-dealkylation sites (tertiary alicyclic amines) is 1. The Morgan fingerprint density at radius 2 is 1.84 bits per heavy atom. The van der Waals surface area contributed by atoms with Crippen LogP contribution >= 0.6 is 0 Å². The number of hydrogen-bond donors (Lipinski definition) is 3. The zero-order chi connectivity index (χ0) is 28.3. The fourth-order valence-corrected chi connectivity index (χ4v) is 4.28. The van der Waals surface area contributed by atoms with E-state index in [0.29, 0.717) is 30.4 Å². The van der Waals surface area contributed by atoms with Crippen molar-refractivity contribution < 1.29 is 14.3 Å². The first-order valence-electron chi connectivity index (χ1n) is 13.1. The highest BCUT2D eigenvalue weighted by Gasteiger charge is 2.30. The molecular weight excluding hydrogens is 482 g/mol. The largest absolute Gasteiger partial charge is 0.444 e. The van der Waals surface area contributed by atoms with E-state index in [2.05, 4.69) is 41.6 Å². The third-order valence-corrected chi connectivity index (χ3v) is 5.98. The number of aromatic nitrogens is 2. The van der Waals surface area contributed by atoms with Gasteiger partial charge in [-0.3, -0.25) is 4.79 Å². The van der Waals surface area contributed by atoms with Crippen LogP contribution in [0.3, 0.4) is 0 Å². The topological polar surface area (TPSA) is 112 Å². The van der Waals surface area contributed by atoms with Crippen LogP contribution in [0.5, 0.6) is 0 Å². The summed E-state index contributed by atoms with van der Waals surface area (Å²) in [5.74, 6) is 1.70. The van der Waals surface area contributed by atoms with Crippen LogP contribution in [-0.4, -0.2) is 72.2 Å². The number of aryl methyl sites for hydroxylation is 1. The number of nitrogens with one attached hydrogen (secondary N) is 3. The summed E-state index contributed by atoms with van der Waals surface area (Å²) in [6.45, 7) is 16.0. The molecule has 10 nitrogen and oxygen atoms in total. The highest BCUT2D eigenvalue weighted by atomic mass is 16.6. The van der Waals surface area contributed by atoms with Gasteiger partial charge in [-0.25, -0.2) is 4.79 Å². The number of carbonyl (C=O) groups is 2. The lowest BCUT2D eigenvalue weighted by Crippen LogP contribution is -2.36. The Morgan fingerprint density at radius 3 is 2.47 bits per heavy atom. The molecule has 3 rings (SSSR count). The minimum atomic E-state index is -0.536. The molecular formula is C28H43N7O3. The summed E-state index contributed by atoms with van der Waals surface area (Å²) in [6.07, 6.45) is 0.455. The lowest BCUT2D eigenvalue weighted by Gasteiger charge is -2.28. The number of amides is 2. The second kappa shape index (κ2) is 11.4. The Balaban J connectivity index is 1.86. The normalized spacial score (nSPS) is 15.7. The first-order chi connectivity index (χ1) is 17.6. The van der Waals surface area contributed by atoms with Gasteiger partial charge in [0.2, 0.25) is 5.95 Å². The molecule has 1 aliphatic heterocycles. The van der Waals surface area contributed by atoms with Crippen LogP contribution in [-0.2, 0) is 4.74 Å². The molecule has 1 aromatic carbocycles. The summed E-state index contributed by atoms with van der Waals surface area (Å²) in [7, 11) is 3.63. The van der Waals surface area contributed by atoms with Gasteiger partial charge in [0.25, 0.3) is 5.91 Å². The summed E-state index contributed by atoms with van der Waals surface area (Å²) < 4.78 is 5.53. The molecule has 0 spiro atoms. The predicted octanol–water partition coefficient (Wildman–Crippen LogP) is 4.79. The molecule has 0 aliphatic carbocycles. The quantitative estimate of drug-likeness (QED) is 0.473. The fraction of sp³-hybridized carbons (Fsp3) is 0.571. The molecule has 1 saturated heterocycles. The van der Waals surface area contributed by atoms with Crippen molar-refractivity contribution in [3.05, 3.63) is 35.4 Å². The Morgan fingerprint density at radius 1 is 1.13 bits per heavy atom. The van der Waals surface area contributed by atoms with Crippen molar-refractivity contribution in [2.75, 3.05) is 49.3 Å². The Kier molecular flexibility index (Phi) is 8.74. The fourth-order valence-electron chi connectivity index (χ4n) is 4.28. The predicted molar refractivity (Wildman–Crippen MR) is 152 cm³/mol. The van der Waals surface area contributed by atoms with Gasteiger partial charge in [-0.15, -0.1) is 0 Å². The van der Waals surface area contributed by atoms with E-state index in [1.807, 2.05) is 52.9 Å². The minimum absolute atomic E-state index is 0.00291. The Labute approximate surface area is 226 Å². The maximum absolute atomic E-state index is 12.5.